The van der Waals surface area contributed by atoms with Crippen LogP contribution in [0.5, 0.6) is 0 Å². The van der Waals surface area contributed by atoms with Crippen LogP contribution in [0.15, 0.2) is 24.3 Å². The maximum atomic E-state index is 13.6. The van der Waals surface area contributed by atoms with Gasteiger partial charge in [0, 0.05) is 18.2 Å². The molecule has 4 heteroatoms. The van der Waals surface area contributed by atoms with Crippen molar-refractivity contribution in [2.75, 3.05) is 6.54 Å². The van der Waals surface area contributed by atoms with Gasteiger partial charge in [0.05, 0.1) is 6.04 Å². The fraction of sp³-hybridized carbons (Fsp3) is 0.500. The zero-order valence-corrected chi connectivity index (χ0v) is 10.6. The number of amides is 1. The van der Waals surface area contributed by atoms with E-state index < -0.39 is 0 Å². The SMILES string of the molecule is CC(NC1CCCCNC1=O)c1ccccc1F. The summed E-state index contributed by atoms with van der Waals surface area (Å²) in [4.78, 5) is 11.8. The number of nitrogens with one attached hydrogen (secondary N) is 2. The fourth-order valence-corrected chi connectivity index (χ4v) is 2.32. The number of hydrogen-bond donors (Lipinski definition) is 2. The van der Waals surface area contributed by atoms with Gasteiger partial charge < -0.3 is 5.32 Å². The molecule has 18 heavy (non-hydrogen) atoms. The molecular weight excluding hydrogens is 231 g/mol. The lowest BCUT2D eigenvalue weighted by molar-refractivity contribution is -0.123. The molecule has 1 aliphatic heterocycles. The molecule has 1 heterocycles. The Hall–Kier alpha value is -1.42. The van der Waals surface area contributed by atoms with Gasteiger partial charge in [0.15, 0.2) is 0 Å². The molecule has 98 valence electrons. The number of benzene rings is 1. The van der Waals surface area contributed by atoms with Crippen LogP contribution >= 0.6 is 0 Å². The summed E-state index contributed by atoms with van der Waals surface area (Å²) in [5.74, 6) is -0.206. The third kappa shape index (κ3) is 3.07. The highest BCUT2D eigenvalue weighted by Gasteiger charge is 2.23. The molecule has 2 rings (SSSR count). The normalized spacial score (nSPS) is 22.1. The van der Waals surface area contributed by atoms with Crippen LogP contribution in [0.2, 0.25) is 0 Å². The summed E-state index contributed by atoms with van der Waals surface area (Å²) in [6.07, 6.45) is 2.84. The molecule has 3 nitrogen and oxygen atoms in total. The lowest BCUT2D eigenvalue weighted by atomic mass is 10.0. The molecule has 0 spiro atoms. The van der Waals surface area contributed by atoms with E-state index in [1.807, 2.05) is 13.0 Å². The Kier molecular flexibility index (Phi) is 4.31. The van der Waals surface area contributed by atoms with Gasteiger partial charge in [-0.05, 0) is 32.3 Å². The van der Waals surface area contributed by atoms with Crippen molar-refractivity contribution in [3.05, 3.63) is 35.6 Å². The van der Waals surface area contributed by atoms with E-state index in [1.165, 1.54) is 6.07 Å². The van der Waals surface area contributed by atoms with E-state index in [2.05, 4.69) is 10.6 Å². The minimum atomic E-state index is -0.230. The van der Waals surface area contributed by atoms with Crippen LogP contribution in [-0.2, 0) is 4.79 Å². The van der Waals surface area contributed by atoms with Gasteiger partial charge in [0.1, 0.15) is 5.82 Å². The van der Waals surface area contributed by atoms with Crippen LogP contribution in [0.1, 0.15) is 37.8 Å². The first-order valence-corrected chi connectivity index (χ1v) is 6.46. The minimum Gasteiger partial charge on any atom is -0.355 e. The molecule has 0 aliphatic carbocycles. The minimum absolute atomic E-state index is 0.0238. The predicted molar refractivity (Wildman–Crippen MR) is 68.6 cm³/mol. The first kappa shape index (κ1) is 13.0. The van der Waals surface area contributed by atoms with Crippen molar-refractivity contribution in [2.45, 2.75) is 38.3 Å². The predicted octanol–water partition coefficient (Wildman–Crippen LogP) is 2.14. The van der Waals surface area contributed by atoms with Gasteiger partial charge >= 0.3 is 0 Å². The standard InChI is InChI=1S/C14H19FN2O/c1-10(11-6-2-3-7-12(11)15)17-13-8-4-5-9-16-14(13)18/h2-3,6-7,10,13,17H,4-5,8-9H2,1H3,(H,16,18). The van der Waals surface area contributed by atoms with E-state index in [0.717, 1.165) is 25.8 Å². The molecule has 1 saturated heterocycles. The van der Waals surface area contributed by atoms with E-state index >= 15 is 0 Å². The number of rotatable bonds is 3. The monoisotopic (exact) mass is 250 g/mol. The maximum absolute atomic E-state index is 13.6. The van der Waals surface area contributed by atoms with Crippen LogP contribution in [0.25, 0.3) is 0 Å². The van der Waals surface area contributed by atoms with Crippen LogP contribution in [0.3, 0.4) is 0 Å². The number of hydrogen-bond acceptors (Lipinski definition) is 2. The summed E-state index contributed by atoms with van der Waals surface area (Å²) < 4.78 is 13.6. The second-order valence-electron chi connectivity index (χ2n) is 4.75. The molecular formula is C14H19FN2O. The van der Waals surface area contributed by atoms with Crippen molar-refractivity contribution in [1.82, 2.24) is 10.6 Å². The number of halogens is 1. The molecule has 0 aromatic heterocycles. The van der Waals surface area contributed by atoms with Crippen molar-refractivity contribution in [3.63, 3.8) is 0 Å². The molecule has 1 aromatic carbocycles. The van der Waals surface area contributed by atoms with Gasteiger partial charge in [0.2, 0.25) is 5.91 Å². The van der Waals surface area contributed by atoms with Gasteiger partial charge in [-0.2, -0.15) is 0 Å². The van der Waals surface area contributed by atoms with Crippen LogP contribution in [-0.4, -0.2) is 18.5 Å². The molecule has 0 saturated carbocycles. The van der Waals surface area contributed by atoms with Crippen molar-refractivity contribution in [3.8, 4) is 0 Å². The van der Waals surface area contributed by atoms with Gasteiger partial charge in [-0.1, -0.05) is 18.2 Å². The number of carbonyl (C=O) groups excluding carboxylic acids is 1. The van der Waals surface area contributed by atoms with E-state index in [4.69, 9.17) is 0 Å². The van der Waals surface area contributed by atoms with Crippen LogP contribution in [0, 0.1) is 5.82 Å². The molecule has 2 N–H and O–H groups in total. The average molecular weight is 250 g/mol. The second kappa shape index (κ2) is 5.96. The van der Waals surface area contributed by atoms with E-state index in [0.29, 0.717) is 5.56 Å². The maximum Gasteiger partial charge on any atom is 0.237 e. The Bertz CT molecular complexity index is 422. The highest BCUT2D eigenvalue weighted by Crippen LogP contribution is 2.18. The van der Waals surface area contributed by atoms with Gasteiger partial charge in [-0.15, -0.1) is 0 Å². The van der Waals surface area contributed by atoms with Crippen molar-refractivity contribution < 1.29 is 9.18 Å². The fourth-order valence-electron chi connectivity index (χ4n) is 2.32. The molecule has 2 atom stereocenters. The Balaban J connectivity index is 2.04. The molecule has 1 aliphatic rings. The van der Waals surface area contributed by atoms with Crippen molar-refractivity contribution in [2.24, 2.45) is 0 Å². The quantitative estimate of drug-likeness (QED) is 0.863. The van der Waals surface area contributed by atoms with Crippen molar-refractivity contribution in [1.29, 1.82) is 0 Å². The molecule has 2 unspecified atom stereocenters. The Morgan fingerprint density at radius 3 is 2.94 bits per heavy atom. The van der Waals surface area contributed by atoms with Crippen molar-refractivity contribution >= 4 is 5.91 Å². The van der Waals surface area contributed by atoms with Gasteiger partial charge in [-0.3, -0.25) is 10.1 Å². The second-order valence-corrected chi connectivity index (χ2v) is 4.75. The Labute approximate surface area is 107 Å². The summed E-state index contributed by atoms with van der Waals surface area (Å²) in [5.41, 5.74) is 0.606. The summed E-state index contributed by atoms with van der Waals surface area (Å²) >= 11 is 0. The smallest absolute Gasteiger partial charge is 0.237 e. The lowest BCUT2D eigenvalue weighted by Gasteiger charge is -2.21. The van der Waals surface area contributed by atoms with Crippen LogP contribution in [0.4, 0.5) is 4.39 Å². The summed E-state index contributed by atoms with van der Waals surface area (Å²) in [5, 5.41) is 6.08. The lowest BCUT2D eigenvalue weighted by Crippen LogP contribution is -2.43. The van der Waals surface area contributed by atoms with Crippen LogP contribution < -0.4 is 10.6 Å². The third-order valence-electron chi connectivity index (χ3n) is 3.36. The topological polar surface area (TPSA) is 41.1 Å². The molecule has 1 aromatic rings. The molecule has 0 bridgehead atoms. The summed E-state index contributed by atoms with van der Waals surface area (Å²) in [6, 6.07) is 6.29. The third-order valence-corrected chi connectivity index (χ3v) is 3.36. The first-order valence-electron chi connectivity index (χ1n) is 6.46. The first-order chi connectivity index (χ1) is 8.68. The highest BCUT2D eigenvalue weighted by molar-refractivity contribution is 5.81. The van der Waals surface area contributed by atoms with Gasteiger partial charge in [-0.25, -0.2) is 4.39 Å². The Morgan fingerprint density at radius 1 is 1.39 bits per heavy atom. The van der Waals surface area contributed by atoms with E-state index in [9.17, 15) is 9.18 Å². The Morgan fingerprint density at radius 2 is 2.17 bits per heavy atom. The summed E-state index contributed by atoms with van der Waals surface area (Å²) in [7, 11) is 0. The zero-order valence-electron chi connectivity index (χ0n) is 10.6. The average Bonchev–Trinajstić information content (AvgIpc) is 2.55. The zero-order chi connectivity index (χ0) is 13.0. The largest absolute Gasteiger partial charge is 0.355 e. The molecule has 0 radical (unpaired) electrons. The molecule has 1 amide bonds. The molecule has 1 fully saturated rings. The van der Waals surface area contributed by atoms with Gasteiger partial charge in [0.25, 0.3) is 0 Å². The van der Waals surface area contributed by atoms with E-state index in [-0.39, 0.29) is 23.8 Å². The van der Waals surface area contributed by atoms with E-state index in [1.54, 1.807) is 12.1 Å². The highest BCUT2D eigenvalue weighted by atomic mass is 19.1. The summed E-state index contributed by atoms with van der Waals surface area (Å²) in [6.45, 7) is 2.63. The number of carbonyl (C=O) groups is 1.